The van der Waals surface area contributed by atoms with Crippen LogP contribution in [0.2, 0.25) is 0 Å². The quantitative estimate of drug-likeness (QED) is 0.115. The predicted molar refractivity (Wildman–Crippen MR) is 203 cm³/mol. The van der Waals surface area contributed by atoms with Crippen LogP contribution in [-0.2, 0) is 35.6 Å². The van der Waals surface area contributed by atoms with Crippen molar-refractivity contribution in [1.29, 1.82) is 0 Å². The zero-order valence-electron chi connectivity index (χ0n) is 30.8. The van der Waals surface area contributed by atoms with Gasteiger partial charge in [0, 0.05) is 0 Å². The first-order valence-electron chi connectivity index (χ1n) is 18.7. The molecule has 0 radical (unpaired) electrons. The molecule has 1 heterocycles. The Balaban J connectivity index is 1.72. The molecule has 1 N–H and O–H groups in total. The fourth-order valence-electron chi connectivity index (χ4n) is 6.61. The summed E-state index contributed by atoms with van der Waals surface area (Å²) in [5, 5.41) is 10.7. The predicted octanol–water partition coefficient (Wildman–Crippen LogP) is 12.4. The van der Waals surface area contributed by atoms with E-state index < -0.39 is 7.94 Å². The van der Waals surface area contributed by atoms with Crippen LogP contribution >= 0.6 is 7.94 Å². The Labute approximate surface area is 287 Å². The number of fused-ring (bicyclic) bond motifs is 3. The molecule has 4 rings (SSSR count). The van der Waals surface area contributed by atoms with E-state index in [0.29, 0.717) is 12.4 Å². The fraction of sp³-hybridized carbons (Fsp3) is 0.571. The van der Waals surface area contributed by atoms with Crippen LogP contribution in [0.5, 0.6) is 17.2 Å². The second kappa shape index (κ2) is 17.2. The summed E-state index contributed by atoms with van der Waals surface area (Å²) < 4.78 is 21.3. The Hall–Kier alpha value is -2.55. The topological polar surface area (TPSA) is 47.9 Å². The summed E-state index contributed by atoms with van der Waals surface area (Å²) in [6.45, 7) is 18.1. The van der Waals surface area contributed by atoms with Crippen LogP contribution in [0, 0.1) is 6.92 Å². The molecule has 1 aliphatic heterocycles. The van der Waals surface area contributed by atoms with Gasteiger partial charge in [0.05, 0.1) is 0 Å². The summed E-state index contributed by atoms with van der Waals surface area (Å²) in [6, 6.07) is 15.9. The third kappa shape index (κ3) is 9.76. The van der Waals surface area contributed by atoms with E-state index in [1.165, 1.54) is 53.5 Å². The van der Waals surface area contributed by atoms with Crippen molar-refractivity contribution in [3.63, 3.8) is 0 Å². The van der Waals surface area contributed by atoms with Gasteiger partial charge in [0.25, 0.3) is 0 Å². The van der Waals surface area contributed by atoms with E-state index in [-0.39, 0.29) is 5.41 Å². The van der Waals surface area contributed by atoms with Gasteiger partial charge in [0.1, 0.15) is 0 Å². The molecule has 0 unspecified atom stereocenters. The van der Waals surface area contributed by atoms with Crippen LogP contribution in [0.25, 0.3) is 11.1 Å². The van der Waals surface area contributed by atoms with Crippen LogP contribution < -0.4 is 9.05 Å². The molecule has 0 atom stereocenters. The molecule has 1 aliphatic rings. The molecule has 47 heavy (non-hydrogen) atoms. The molecule has 0 aromatic heterocycles. The van der Waals surface area contributed by atoms with E-state index in [1.54, 1.807) is 0 Å². The summed E-state index contributed by atoms with van der Waals surface area (Å²) in [7, 11) is -3.15. The number of hydrogen-bond donors (Lipinski definition) is 1. The molecule has 0 amide bonds. The third-order valence-electron chi connectivity index (χ3n) is 9.46. The molecule has 4 nitrogen and oxygen atoms in total. The van der Waals surface area contributed by atoms with E-state index in [2.05, 4.69) is 90.9 Å². The number of unbranched alkanes of at least 4 members (excludes halogenated alkanes) is 4. The first-order valence-corrected chi connectivity index (χ1v) is 20.6. The maximum atomic E-state index is 10.7. The van der Waals surface area contributed by atoms with Crippen molar-refractivity contribution < 1.29 is 18.7 Å². The molecule has 0 saturated carbocycles. The molecule has 0 spiro atoms. The number of phenolic OH excluding ortho intramolecular Hbond substituents is 1. The standard InChI is InChI=1S/C42H63O4P/c1-9-13-18-32-22-23-39-36(28-32)37-29-34(19-14-10-2)27-35(21-15-11-3)41(37)46-47(45-39,25-16-12-4)44-24-17-20-33-26-31(5)40(43)38(30-33)42(6,7)8/h22-23,26-30,43,47H,9-21,24-25H2,1-8H3. The third-order valence-corrected chi connectivity index (χ3v) is 12.1. The number of aromatic hydroxyl groups is 1. The van der Waals surface area contributed by atoms with Gasteiger partial charge in [0.15, 0.2) is 0 Å². The molecule has 0 bridgehead atoms. The molecule has 3 aromatic carbocycles. The first kappa shape index (κ1) is 37.3. The molecular formula is C42H63O4P. The van der Waals surface area contributed by atoms with E-state index >= 15 is 0 Å². The Morgan fingerprint density at radius 1 is 0.681 bits per heavy atom. The van der Waals surface area contributed by atoms with Crippen molar-refractivity contribution in [1.82, 2.24) is 0 Å². The van der Waals surface area contributed by atoms with Gasteiger partial charge in [-0.15, -0.1) is 0 Å². The van der Waals surface area contributed by atoms with Crippen LogP contribution in [-0.4, -0.2) is 17.9 Å². The summed E-state index contributed by atoms with van der Waals surface area (Å²) in [4.78, 5) is 0. The number of benzene rings is 3. The van der Waals surface area contributed by atoms with Crippen molar-refractivity contribution in [2.75, 3.05) is 12.8 Å². The van der Waals surface area contributed by atoms with Gasteiger partial charge in [-0.3, -0.25) is 0 Å². The Morgan fingerprint density at radius 2 is 1.30 bits per heavy atom. The summed E-state index contributed by atoms with van der Waals surface area (Å²) in [6.07, 6.45) is 14.7. The Kier molecular flexibility index (Phi) is 13.6. The molecule has 0 saturated heterocycles. The van der Waals surface area contributed by atoms with Crippen LogP contribution in [0.1, 0.15) is 140 Å². The van der Waals surface area contributed by atoms with Crippen LogP contribution in [0.4, 0.5) is 0 Å². The van der Waals surface area contributed by atoms with E-state index in [4.69, 9.17) is 13.6 Å². The maximum absolute atomic E-state index is 10.7. The average Bonchev–Trinajstić information content (AvgIpc) is 3.18. The Morgan fingerprint density at radius 3 is 1.98 bits per heavy atom. The first-order chi connectivity index (χ1) is 22.5. The molecular weight excluding hydrogens is 599 g/mol. The van der Waals surface area contributed by atoms with Crippen molar-refractivity contribution in [2.24, 2.45) is 0 Å². The minimum absolute atomic E-state index is 0.121. The molecule has 0 fully saturated rings. The second-order valence-electron chi connectivity index (χ2n) is 14.8. The summed E-state index contributed by atoms with van der Waals surface area (Å²) in [5.74, 6) is 2.32. The molecule has 260 valence electrons. The summed E-state index contributed by atoms with van der Waals surface area (Å²) >= 11 is 0. The van der Waals surface area contributed by atoms with Gasteiger partial charge >= 0.3 is 288 Å². The van der Waals surface area contributed by atoms with Crippen molar-refractivity contribution in [3.05, 3.63) is 75.8 Å². The Bertz CT molecular complexity index is 1460. The van der Waals surface area contributed by atoms with Gasteiger partial charge < -0.3 is 0 Å². The van der Waals surface area contributed by atoms with Crippen LogP contribution in [0.3, 0.4) is 0 Å². The van der Waals surface area contributed by atoms with Gasteiger partial charge in [-0.05, 0) is 0 Å². The van der Waals surface area contributed by atoms with Gasteiger partial charge in [-0.25, -0.2) is 0 Å². The van der Waals surface area contributed by atoms with E-state index in [0.717, 1.165) is 92.1 Å². The zero-order valence-corrected chi connectivity index (χ0v) is 31.8. The number of rotatable bonds is 17. The number of aryl methyl sites for hydroxylation is 5. The molecule has 3 aromatic rings. The number of hydrogen-bond acceptors (Lipinski definition) is 4. The summed E-state index contributed by atoms with van der Waals surface area (Å²) in [5.41, 5.74) is 9.45. The van der Waals surface area contributed by atoms with Crippen molar-refractivity contribution in [3.8, 4) is 28.4 Å². The zero-order chi connectivity index (χ0) is 34.0. The normalized spacial score (nSPS) is 14.5. The van der Waals surface area contributed by atoms with Crippen LogP contribution in [0.15, 0.2) is 42.5 Å². The average molecular weight is 663 g/mol. The van der Waals surface area contributed by atoms with Gasteiger partial charge in [-0.1, -0.05) is 0 Å². The molecule has 0 aliphatic carbocycles. The SMILES string of the molecule is CCCCc1ccc2c(c1)-c1cc(CCCC)cc(CCCC)c1O[PH](CCCC)(OCCCc1cc(C)c(O)c(C(C)(C)C)c1)O2. The van der Waals surface area contributed by atoms with Gasteiger partial charge in [-0.2, -0.15) is 0 Å². The fourth-order valence-corrected chi connectivity index (χ4v) is 9.43. The minimum atomic E-state index is -3.15. The van der Waals surface area contributed by atoms with E-state index in [9.17, 15) is 5.11 Å². The second-order valence-corrected chi connectivity index (χ2v) is 17.3. The van der Waals surface area contributed by atoms with Crippen molar-refractivity contribution >= 4 is 7.94 Å². The van der Waals surface area contributed by atoms with Crippen molar-refractivity contribution in [2.45, 2.75) is 144 Å². The van der Waals surface area contributed by atoms with Gasteiger partial charge in [0.2, 0.25) is 0 Å². The molecule has 5 heteroatoms. The monoisotopic (exact) mass is 662 g/mol. The van der Waals surface area contributed by atoms with E-state index in [1.807, 2.05) is 6.92 Å². The number of phenols is 1.